The fourth-order valence-corrected chi connectivity index (χ4v) is 4.17. The van der Waals surface area contributed by atoms with Gasteiger partial charge in [0, 0.05) is 6.54 Å². The summed E-state index contributed by atoms with van der Waals surface area (Å²) in [5.74, 6) is -1.14. The smallest absolute Gasteiger partial charge is 0.339 e. The molecule has 0 aliphatic rings. The minimum atomic E-state index is -4.14. The van der Waals surface area contributed by atoms with Gasteiger partial charge >= 0.3 is 10.1 Å². The van der Waals surface area contributed by atoms with Gasteiger partial charge in [-0.1, -0.05) is 24.3 Å². The van der Waals surface area contributed by atoms with Crippen LogP contribution in [0.5, 0.6) is 5.75 Å². The van der Waals surface area contributed by atoms with Crippen molar-refractivity contribution in [3.8, 4) is 5.75 Å². The highest BCUT2D eigenvalue weighted by Crippen LogP contribution is 2.22. The molecule has 0 bridgehead atoms. The zero-order valence-corrected chi connectivity index (χ0v) is 18.5. The number of amides is 1. The van der Waals surface area contributed by atoms with Gasteiger partial charge in [0.15, 0.2) is 0 Å². The van der Waals surface area contributed by atoms with E-state index >= 15 is 0 Å². The molecule has 0 spiro atoms. The third-order valence-electron chi connectivity index (χ3n) is 4.92. The van der Waals surface area contributed by atoms with Crippen LogP contribution in [-0.4, -0.2) is 19.2 Å². The monoisotopic (exact) mass is 483 g/mol. The van der Waals surface area contributed by atoms with Crippen LogP contribution in [-0.2, 0) is 23.2 Å². The number of furan rings is 1. The van der Waals surface area contributed by atoms with E-state index in [2.05, 4.69) is 0 Å². The van der Waals surface area contributed by atoms with Crippen molar-refractivity contribution in [2.24, 2.45) is 0 Å². The van der Waals surface area contributed by atoms with E-state index < -0.39 is 27.7 Å². The Morgan fingerprint density at radius 1 is 0.853 bits per heavy atom. The lowest BCUT2D eigenvalue weighted by Crippen LogP contribution is -2.30. The SMILES string of the molecule is O=C(c1ccccc1F)N(Cc1ccc(OS(=O)(=O)c2ccc(F)cc2)cc1)Cc1ccco1. The van der Waals surface area contributed by atoms with Crippen LogP contribution in [0, 0.1) is 11.6 Å². The maximum Gasteiger partial charge on any atom is 0.339 e. The second-order valence-corrected chi connectivity index (χ2v) is 8.90. The summed E-state index contributed by atoms with van der Waals surface area (Å²) in [4.78, 5) is 14.3. The predicted octanol–water partition coefficient (Wildman–Crippen LogP) is 5.17. The van der Waals surface area contributed by atoms with Gasteiger partial charge in [-0.2, -0.15) is 8.42 Å². The molecule has 4 rings (SSSR count). The van der Waals surface area contributed by atoms with E-state index in [1.54, 1.807) is 30.3 Å². The first kappa shape index (κ1) is 23.2. The zero-order chi connectivity index (χ0) is 24.1. The molecular weight excluding hydrogens is 464 g/mol. The number of carbonyl (C=O) groups excluding carboxylic acids is 1. The van der Waals surface area contributed by atoms with Crippen molar-refractivity contribution in [3.63, 3.8) is 0 Å². The van der Waals surface area contributed by atoms with Gasteiger partial charge in [0.2, 0.25) is 0 Å². The van der Waals surface area contributed by atoms with Crippen molar-refractivity contribution >= 4 is 16.0 Å². The lowest BCUT2D eigenvalue weighted by atomic mass is 10.1. The van der Waals surface area contributed by atoms with Gasteiger partial charge in [0.1, 0.15) is 28.0 Å². The van der Waals surface area contributed by atoms with Crippen molar-refractivity contribution in [1.82, 2.24) is 4.90 Å². The molecule has 0 aliphatic heterocycles. The van der Waals surface area contributed by atoms with Crippen molar-refractivity contribution in [2.75, 3.05) is 0 Å². The normalized spacial score (nSPS) is 11.2. The lowest BCUT2D eigenvalue weighted by molar-refractivity contribution is 0.0713. The van der Waals surface area contributed by atoms with E-state index in [1.807, 2.05) is 0 Å². The minimum Gasteiger partial charge on any atom is -0.467 e. The Morgan fingerprint density at radius 2 is 1.56 bits per heavy atom. The summed E-state index contributed by atoms with van der Waals surface area (Å²) in [6, 6.07) is 19.4. The van der Waals surface area contributed by atoms with Crippen LogP contribution < -0.4 is 4.18 Å². The van der Waals surface area contributed by atoms with E-state index in [9.17, 15) is 22.0 Å². The lowest BCUT2D eigenvalue weighted by Gasteiger charge is -2.22. The van der Waals surface area contributed by atoms with E-state index in [0.717, 1.165) is 24.3 Å². The Kier molecular flexibility index (Phi) is 6.74. The third-order valence-corrected chi connectivity index (χ3v) is 6.18. The van der Waals surface area contributed by atoms with Crippen molar-refractivity contribution in [1.29, 1.82) is 0 Å². The second-order valence-electron chi connectivity index (χ2n) is 7.36. The van der Waals surface area contributed by atoms with E-state index in [4.69, 9.17) is 8.60 Å². The maximum absolute atomic E-state index is 14.2. The molecule has 1 amide bonds. The first-order chi connectivity index (χ1) is 16.3. The highest BCUT2D eigenvalue weighted by Gasteiger charge is 2.21. The van der Waals surface area contributed by atoms with Crippen molar-refractivity contribution < 1.29 is 30.6 Å². The molecule has 0 saturated carbocycles. The Bertz CT molecular complexity index is 1370. The number of halogens is 2. The van der Waals surface area contributed by atoms with Crippen molar-refractivity contribution in [2.45, 2.75) is 18.0 Å². The molecule has 3 aromatic carbocycles. The largest absolute Gasteiger partial charge is 0.467 e. The average molecular weight is 483 g/mol. The molecule has 174 valence electrons. The fourth-order valence-electron chi connectivity index (χ4n) is 3.24. The highest BCUT2D eigenvalue weighted by atomic mass is 32.2. The van der Waals surface area contributed by atoms with Gasteiger partial charge in [-0.15, -0.1) is 0 Å². The van der Waals surface area contributed by atoms with Gasteiger partial charge in [0.05, 0.1) is 18.4 Å². The van der Waals surface area contributed by atoms with Gasteiger partial charge in [0.25, 0.3) is 5.91 Å². The number of carbonyl (C=O) groups is 1. The quantitative estimate of drug-likeness (QED) is 0.323. The molecule has 1 heterocycles. The molecule has 9 heteroatoms. The van der Waals surface area contributed by atoms with Crippen LogP contribution in [0.25, 0.3) is 0 Å². The van der Waals surface area contributed by atoms with Gasteiger partial charge < -0.3 is 13.5 Å². The maximum atomic E-state index is 14.2. The van der Waals surface area contributed by atoms with Gasteiger partial charge in [-0.05, 0) is 66.2 Å². The Morgan fingerprint density at radius 3 is 2.21 bits per heavy atom. The Labute approximate surface area is 195 Å². The van der Waals surface area contributed by atoms with E-state index in [-0.39, 0.29) is 29.3 Å². The van der Waals surface area contributed by atoms with Gasteiger partial charge in [-0.3, -0.25) is 4.79 Å². The molecule has 0 saturated heterocycles. The summed E-state index contributed by atoms with van der Waals surface area (Å²) in [6.07, 6.45) is 1.48. The summed E-state index contributed by atoms with van der Waals surface area (Å²) in [6.45, 7) is 0.218. The van der Waals surface area contributed by atoms with Crippen LogP contribution in [0.3, 0.4) is 0 Å². The molecule has 6 nitrogen and oxygen atoms in total. The molecule has 34 heavy (non-hydrogen) atoms. The fraction of sp³-hybridized carbons (Fsp3) is 0.0800. The number of nitrogens with zero attached hydrogens (tertiary/aromatic N) is 1. The zero-order valence-electron chi connectivity index (χ0n) is 17.7. The number of rotatable bonds is 8. The molecule has 0 atom stereocenters. The molecule has 0 fully saturated rings. The summed E-state index contributed by atoms with van der Waals surface area (Å²) >= 11 is 0. The summed E-state index contributed by atoms with van der Waals surface area (Å²) < 4.78 is 62.5. The second kappa shape index (κ2) is 9.88. The summed E-state index contributed by atoms with van der Waals surface area (Å²) in [5, 5.41) is 0. The molecular formula is C25H19F2NO5S. The molecule has 0 unspecified atom stereocenters. The van der Waals surface area contributed by atoms with Gasteiger partial charge in [-0.25, -0.2) is 8.78 Å². The number of hydrogen-bond donors (Lipinski definition) is 0. The summed E-state index contributed by atoms with van der Waals surface area (Å²) in [5.41, 5.74) is 0.585. The molecule has 1 aromatic heterocycles. The Balaban J connectivity index is 1.52. The van der Waals surface area contributed by atoms with Crippen LogP contribution in [0.4, 0.5) is 8.78 Å². The predicted molar refractivity (Wildman–Crippen MR) is 119 cm³/mol. The molecule has 4 aromatic rings. The number of hydrogen-bond acceptors (Lipinski definition) is 5. The van der Waals surface area contributed by atoms with Crippen LogP contribution in [0.15, 0.2) is 101 Å². The van der Waals surface area contributed by atoms with E-state index in [0.29, 0.717) is 11.3 Å². The number of benzene rings is 3. The topological polar surface area (TPSA) is 76.8 Å². The summed E-state index contributed by atoms with van der Waals surface area (Å²) in [7, 11) is -4.14. The highest BCUT2D eigenvalue weighted by molar-refractivity contribution is 7.87. The van der Waals surface area contributed by atoms with Crippen LogP contribution >= 0.6 is 0 Å². The Hall–Kier alpha value is -3.98. The average Bonchev–Trinajstić information content (AvgIpc) is 3.33. The molecule has 0 aliphatic carbocycles. The van der Waals surface area contributed by atoms with Crippen LogP contribution in [0.1, 0.15) is 21.7 Å². The first-order valence-corrected chi connectivity index (χ1v) is 11.6. The molecule has 0 radical (unpaired) electrons. The molecule has 0 N–H and O–H groups in total. The first-order valence-electron chi connectivity index (χ1n) is 10.2. The van der Waals surface area contributed by atoms with Crippen molar-refractivity contribution in [3.05, 3.63) is 120 Å². The third kappa shape index (κ3) is 5.49. The van der Waals surface area contributed by atoms with E-state index in [1.165, 1.54) is 41.5 Å². The standard InChI is InChI=1S/C25H19F2NO5S/c26-19-9-13-22(14-10-19)34(30,31)33-20-11-7-18(8-12-20)16-28(17-21-4-3-15-32-21)25(29)23-5-1-2-6-24(23)27/h1-15H,16-17H2. The van der Waals surface area contributed by atoms with Crippen LogP contribution in [0.2, 0.25) is 0 Å². The minimum absolute atomic E-state index is 0.0473.